The zero-order valence-electron chi connectivity index (χ0n) is 3.94. The van der Waals surface area contributed by atoms with Gasteiger partial charge in [-0.25, -0.2) is 0 Å². The fraction of sp³-hybridized carbons (Fsp3) is 0.600. The minimum absolute atomic E-state index is 1.38. The first kappa shape index (κ1) is 4.10. The molecule has 1 heterocycles. The van der Waals surface area contributed by atoms with Gasteiger partial charge in [0, 0.05) is 9.75 Å². The highest BCUT2D eigenvalue weighted by Gasteiger charge is 2.14. The normalized spacial score (nSPS) is 17.7. The largest absolute Gasteiger partial charge is 0.0837 e. The summed E-state index contributed by atoms with van der Waals surface area (Å²) >= 11 is 0. The predicted octanol–water partition coefficient (Wildman–Crippen LogP) is 2.30. The van der Waals surface area contributed by atoms with E-state index in [-0.39, 0.29) is 0 Å². The Morgan fingerprint density at radius 3 is 1.86 bits per heavy atom. The van der Waals surface area contributed by atoms with Crippen LogP contribution in [-0.2, 0) is 12.8 Å². The van der Waals surface area contributed by atoms with Crippen LogP contribution in [0, 0.1) is 0 Å². The van der Waals surface area contributed by atoms with E-state index < -0.39 is 0 Å². The van der Waals surface area contributed by atoms with Gasteiger partial charge in [-0.15, -0.1) is 0 Å². The van der Waals surface area contributed by atoms with Crippen molar-refractivity contribution < 1.29 is 0 Å². The van der Waals surface area contributed by atoms with Crippen LogP contribution in [0.2, 0.25) is 0 Å². The molecule has 0 fully saturated rings. The van der Waals surface area contributed by atoms with Crippen LogP contribution in [0.1, 0.15) is 16.2 Å². The second-order valence-corrected chi connectivity index (χ2v) is 4.19. The molecule has 1 aliphatic carbocycles. The van der Waals surface area contributed by atoms with Crippen molar-refractivity contribution in [1.82, 2.24) is 0 Å². The van der Waals surface area contributed by atoms with Gasteiger partial charge in [0.15, 0.2) is 0 Å². The SMILES string of the molecule is C1Cc2ssc2C1. The Balaban J connectivity index is 2.44. The third-order valence-electron chi connectivity index (χ3n) is 1.36. The van der Waals surface area contributed by atoms with E-state index in [0.29, 0.717) is 0 Å². The van der Waals surface area contributed by atoms with E-state index in [4.69, 9.17) is 0 Å². The molecule has 0 saturated heterocycles. The van der Waals surface area contributed by atoms with Gasteiger partial charge in [0.05, 0.1) is 0 Å². The Bertz CT molecular complexity index is 144. The molecule has 0 atom stereocenters. The van der Waals surface area contributed by atoms with Crippen molar-refractivity contribution >= 4 is 20.7 Å². The van der Waals surface area contributed by atoms with Crippen molar-refractivity contribution in [3.05, 3.63) is 9.75 Å². The zero-order valence-corrected chi connectivity index (χ0v) is 5.57. The Morgan fingerprint density at radius 2 is 1.57 bits per heavy atom. The molecule has 7 heavy (non-hydrogen) atoms. The average Bonchev–Trinajstić information content (AvgIpc) is 1.85. The van der Waals surface area contributed by atoms with Gasteiger partial charge >= 0.3 is 0 Å². The van der Waals surface area contributed by atoms with Crippen molar-refractivity contribution in [2.75, 3.05) is 0 Å². The number of aryl methyl sites for hydroxylation is 2. The second-order valence-electron chi connectivity index (χ2n) is 1.87. The molecule has 2 rings (SSSR count). The Morgan fingerprint density at radius 1 is 1.00 bits per heavy atom. The standard InChI is InChI=1S/C5H6S2/c1-2-4-5(3-1)7-6-4/h1-3H2. The molecule has 38 valence electrons. The summed E-state index contributed by atoms with van der Waals surface area (Å²) in [6.45, 7) is 0. The summed E-state index contributed by atoms with van der Waals surface area (Å²) in [7, 11) is 3.94. The van der Waals surface area contributed by atoms with Crippen LogP contribution in [0.3, 0.4) is 0 Å². The molecular weight excluding hydrogens is 124 g/mol. The van der Waals surface area contributed by atoms with Crippen molar-refractivity contribution in [1.29, 1.82) is 0 Å². The summed E-state index contributed by atoms with van der Waals surface area (Å²) in [5.41, 5.74) is 0. The van der Waals surface area contributed by atoms with Crippen LogP contribution in [0.5, 0.6) is 0 Å². The van der Waals surface area contributed by atoms with Crippen LogP contribution in [-0.4, -0.2) is 0 Å². The fourth-order valence-corrected chi connectivity index (χ4v) is 3.37. The first-order valence-electron chi connectivity index (χ1n) is 2.53. The van der Waals surface area contributed by atoms with E-state index in [1.165, 1.54) is 19.3 Å². The van der Waals surface area contributed by atoms with Gasteiger partial charge in [-0.3, -0.25) is 0 Å². The molecule has 0 bridgehead atoms. The molecule has 0 nitrogen and oxygen atoms in total. The molecule has 0 radical (unpaired) electrons. The van der Waals surface area contributed by atoms with E-state index in [0.717, 1.165) is 0 Å². The van der Waals surface area contributed by atoms with Gasteiger partial charge < -0.3 is 0 Å². The minimum Gasteiger partial charge on any atom is -0.0837 e. The van der Waals surface area contributed by atoms with E-state index in [9.17, 15) is 0 Å². The van der Waals surface area contributed by atoms with Gasteiger partial charge in [0.25, 0.3) is 0 Å². The van der Waals surface area contributed by atoms with Gasteiger partial charge in [0.1, 0.15) is 0 Å². The molecule has 1 aromatic rings. The Labute approximate surface area is 50.2 Å². The molecule has 0 amide bonds. The lowest BCUT2D eigenvalue weighted by molar-refractivity contribution is 0.922. The van der Waals surface area contributed by atoms with Crippen molar-refractivity contribution in [2.24, 2.45) is 0 Å². The summed E-state index contributed by atoms with van der Waals surface area (Å²) < 4.78 is 0. The number of hydrogen-bond acceptors (Lipinski definition) is 2. The van der Waals surface area contributed by atoms with Crippen LogP contribution >= 0.6 is 20.7 Å². The molecule has 0 unspecified atom stereocenters. The van der Waals surface area contributed by atoms with Crippen LogP contribution in [0.25, 0.3) is 0 Å². The number of hydrogen-bond donors (Lipinski definition) is 0. The molecule has 0 aromatic carbocycles. The van der Waals surface area contributed by atoms with E-state index in [2.05, 4.69) is 0 Å². The lowest BCUT2D eigenvalue weighted by Crippen LogP contribution is -1.72. The summed E-state index contributed by atoms with van der Waals surface area (Å²) in [6, 6.07) is 0. The van der Waals surface area contributed by atoms with E-state index in [1.807, 2.05) is 20.7 Å². The molecule has 2 heteroatoms. The molecular formula is C5H6S2. The predicted molar refractivity (Wildman–Crippen MR) is 34.2 cm³/mol. The van der Waals surface area contributed by atoms with Gasteiger partial charge in [-0.2, -0.15) is 0 Å². The van der Waals surface area contributed by atoms with Gasteiger partial charge in [-0.1, -0.05) is 20.7 Å². The van der Waals surface area contributed by atoms with Crippen molar-refractivity contribution in [2.45, 2.75) is 19.3 Å². The maximum atomic E-state index is 1.97. The summed E-state index contributed by atoms with van der Waals surface area (Å²) in [6.07, 6.45) is 4.19. The molecule has 0 aliphatic heterocycles. The Hall–Kier alpha value is 0.180. The monoisotopic (exact) mass is 130 g/mol. The third-order valence-corrected chi connectivity index (χ3v) is 4.33. The summed E-state index contributed by atoms with van der Waals surface area (Å²) in [4.78, 5) is 3.37. The molecule has 0 saturated carbocycles. The lowest BCUT2D eigenvalue weighted by atomic mass is 10.4. The quantitative estimate of drug-likeness (QED) is 0.473. The zero-order chi connectivity index (χ0) is 4.69. The van der Waals surface area contributed by atoms with Crippen LogP contribution in [0.15, 0.2) is 0 Å². The number of fused-ring (bicyclic) bond motifs is 1. The highest BCUT2D eigenvalue weighted by molar-refractivity contribution is 7.72. The first-order valence-corrected chi connectivity index (χ1v) is 4.68. The highest BCUT2D eigenvalue weighted by Crippen LogP contribution is 2.36. The molecule has 0 spiro atoms. The van der Waals surface area contributed by atoms with Crippen LogP contribution in [0.4, 0.5) is 0 Å². The van der Waals surface area contributed by atoms with Crippen molar-refractivity contribution in [3.63, 3.8) is 0 Å². The van der Waals surface area contributed by atoms with Gasteiger partial charge in [0.2, 0.25) is 0 Å². The van der Waals surface area contributed by atoms with E-state index >= 15 is 0 Å². The third kappa shape index (κ3) is 0.469. The molecule has 0 N–H and O–H groups in total. The number of rotatable bonds is 0. The second kappa shape index (κ2) is 1.33. The Kier molecular flexibility index (Phi) is 0.777. The fourth-order valence-electron chi connectivity index (χ4n) is 0.931. The lowest BCUT2D eigenvalue weighted by Gasteiger charge is -1.94. The average molecular weight is 130 g/mol. The van der Waals surface area contributed by atoms with E-state index in [1.54, 1.807) is 9.75 Å². The topological polar surface area (TPSA) is 0 Å². The summed E-state index contributed by atoms with van der Waals surface area (Å²) in [5, 5.41) is 0. The van der Waals surface area contributed by atoms with Crippen molar-refractivity contribution in [3.8, 4) is 0 Å². The first-order chi connectivity index (χ1) is 3.47. The molecule has 1 aromatic heterocycles. The summed E-state index contributed by atoms with van der Waals surface area (Å²) in [5.74, 6) is 0. The minimum atomic E-state index is 1.38. The maximum absolute atomic E-state index is 1.97. The molecule has 1 aliphatic rings. The van der Waals surface area contributed by atoms with Gasteiger partial charge in [-0.05, 0) is 19.3 Å². The maximum Gasteiger partial charge on any atom is 0.0291 e. The highest BCUT2D eigenvalue weighted by atomic mass is 32.9. The smallest absolute Gasteiger partial charge is 0.0291 e. The van der Waals surface area contributed by atoms with Crippen LogP contribution < -0.4 is 0 Å².